The largest absolute Gasteiger partial charge is 0.309 e. The molecule has 126 valence electrons. The normalized spacial score (nSPS) is 10.1. The lowest BCUT2D eigenvalue weighted by Crippen LogP contribution is -2.17. The first kappa shape index (κ1) is 23.3. The van der Waals surface area contributed by atoms with Gasteiger partial charge in [0.2, 0.25) is 0 Å². The molecule has 0 N–H and O–H groups in total. The Bertz CT molecular complexity index is 417. The van der Waals surface area contributed by atoms with Crippen molar-refractivity contribution in [2.75, 3.05) is 41.3 Å². The minimum absolute atomic E-state index is 0. The summed E-state index contributed by atoms with van der Waals surface area (Å²) in [7, 11) is 7.78. The standard InChI is InChI=1S/C16H24N2O2.2ClH/c1-17(2)11-9-15(19)13-5-7-14(8-6-13)16(20)10-12-18(3)4;;/h5-8H,9-12H2,1-4H3;2*1H. The van der Waals surface area contributed by atoms with Crippen LogP contribution in [0.5, 0.6) is 0 Å². The molecule has 0 heterocycles. The van der Waals surface area contributed by atoms with Crippen molar-refractivity contribution in [2.45, 2.75) is 12.8 Å². The molecule has 0 spiro atoms. The van der Waals surface area contributed by atoms with E-state index in [4.69, 9.17) is 0 Å². The second-order valence-electron chi connectivity index (χ2n) is 5.53. The maximum absolute atomic E-state index is 11.9. The average molecular weight is 349 g/mol. The highest BCUT2D eigenvalue weighted by Gasteiger charge is 2.09. The fraction of sp³-hybridized carbons (Fsp3) is 0.500. The summed E-state index contributed by atoms with van der Waals surface area (Å²) in [4.78, 5) is 27.8. The zero-order valence-corrected chi connectivity index (χ0v) is 15.3. The van der Waals surface area contributed by atoms with Gasteiger partial charge >= 0.3 is 0 Å². The number of carbonyl (C=O) groups excluding carboxylic acids is 2. The van der Waals surface area contributed by atoms with Crippen LogP contribution in [-0.4, -0.2) is 62.6 Å². The lowest BCUT2D eigenvalue weighted by molar-refractivity contribution is 0.0961. The quantitative estimate of drug-likeness (QED) is 0.677. The van der Waals surface area contributed by atoms with Crippen molar-refractivity contribution in [1.29, 1.82) is 0 Å². The van der Waals surface area contributed by atoms with Crippen molar-refractivity contribution in [3.05, 3.63) is 35.4 Å². The fourth-order valence-corrected chi connectivity index (χ4v) is 1.78. The summed E-state index contributed by atoms with van der Waals surface area (Å²) in [5.41, 5.74) is 1.35. The van der Waals surface area contributed by atoms with E-state index < -0.39 is 0 Å². The number of carbonyl (C=O) groups is 2. The monoisotopic (exact) mass is 348 g/mol. The Hall–Kier alpha value is -0.940. The topological polar surface area (TPSA) is 40.6 Å². The Kier molecular flexibility index (Phi) is 12.3. The van der Waals surface area contributed by atoms with E-state index in [0.717, 1.165) is 13.1 Å². The molecule has 6 heteroatoms. The molecular weight excluding hydrogens is 323 g/mol. The predicted octanol–water partition coefficient (Wildman–Crippen LogP) is 2.80. The van der Waals surface area contributed by atoms with Crippen LogP contribution in [0.3, 0.4) is 0 Å². The van der Waals surface area contributed by atoms with Gasteiger partial charge in [0, 0.05) is 37.1 Å². The third-order valence-electron chi connectivity index (χ3n) is 3.10. The van der Waals surface area contributed by atoms with E-state index in [-0.39, 0.29) is 36.4 Å². The lowest BCUT2D eigenvalue weighted by atomic mass is 10.0. The van der Waals surface area contributed by atoms with Gasteiger partial charge in [-0.25, -0.2) is 0 Å². The van der Waals surface area contributed by atoms with Gasteiger partial charge in [-0.3, -0.25) is 9.59 Å². The summed E-state index contributed by atoms with van der Waals surface area (Å²) in [6.45, 7) is 1.48. The summed E-state index contributed by atoms with van der Waals surface area (Å²) in [5.74, 6) is 0.233. The van der Waals surface area contributed by atoms with E-state index in [0.29, 0.717) is 24.0 Å². The number of Topliss-reactive ketones (excluding diaryl/α,β-unsaturated/α-hetero) is 2. The van der Waals surface area contributed by atoms with Crippen LogP contribution >= 0.6 is 24.8 Å². The molecule has 4 nitrogen and oxygen atoms in total. The van der Waals surface area contributed by atoms with Crippen LogP contribution in [0, 0.1) is 0 Å². The molecule has 0 aromatic heterocycles. The molecule has 0 bridgehead atoms. The van der Waals surface area contributed by atoms with Gasteiger partial charge in [0.15, 0.2) is 11.6 Å². The second-order valence-corrected chi connectivity index (χ2v) is 5.53. The van der Waals surface area contributed by atoms with E-state index >= 15 is 0 Å². The van der Waals surface area contributed by atoms with Gasteiger partial charge in [-0.15, -0.1) is 24.8 Å². The number of ketones is 2. The number of hydrogen-bond acceptors (Lipinski definition) is 4. The van der Waals surface area contributed by atoms with Gasteiger partial charge in [-0.1, -0.05) is 24.3 Å². The van der Waals surface area contributed by atoms with Crippen LogP contribution in [0.4, 0.5) is 0 Å². The molecule has 22 heavy (non-hydrogen) atoms. The van der Waals surface area contributed by atoms with Crippen LogP contribution in [0.15, 0.2) is 24.3 Å². The molecule has 1 aromatic carbocycles. The number of benzene rings is 1. The molecule has 0 radical (unpaired) electrons. The highest BCUT2D eigenvalue weighted by atomic mass is 35.5. The van der Waals surface area contributed by atoms with Gasteiger partial charge in [0.1, 0.15) is 0 Å². The first-order valence-corrected chi connectivity index (χ1v) is 6.86. The third kappa shape index (κ3) is 8.49. The Morgan fingerprint density at radius 2 is 1.00 bits per heavy atom. The van der Waals surface area contributed by atoms with Crippen molar-refractivity contribution in [3.8, 4) is 0 Å². The van der Waals surface area contributed by atoms with Crippen LogP contribution < -0.4 is 0 Å². The van der Waals surface area contributed by atoms with Gasteiger partial charge in [0.05, 0.1) is 0 Å². The Morgan fingerprint density at radius 1 is 0.727 bits per heavy atom. The number of hydrogen-bond donors (Lipinski definition) is 0. The van der Waals surface area contributed by atoms with Crippen molar-refractivity contribution in [2.24, 2.45) is 0 Å². The zero-order valence-electron chi connectivity index (χ0n) is 13.7. The minimum Gasteiger partial charge on any atom is -0.309 e. The molecule has 0 aliphatic heterocycles. The Labute approximate surface area is 145 Å². The molecule has 1 rings (SSSR count). The van der Waals surface area contributed by atoms with Crippen LogP contribution in [0.25, 0.3) is 0 Å². The van der Waals surface area contributed by atoms with Crippen LogP contribution in [0.2, 0.25) is 0 Å². The predicted molar refractivity (Wildman–Crippen MR) is 95.9 cm³/mol. The molecule has 0 saturated heterocycles. The van der Waals surface area contributed by atoms with Crippen LogP contribution in [-0.2, 0) is 0 Å². The summed E-state index contributed by atoms with van der Waals surface area (Å²) in [5, 5.41) is 0. The smallest absolute Gasteiger partial charge is 0.164 e. The van der Waals surface area contributed by atoms with Crippen molar-refractivity contribution < 1.29 is 9.59 Å². The van der Waals surface area contributed by atoms with Crippen molar-refractivity contribution in [3.63, 3.8) is 0 Å². The molecule has 0 amide bonds. The van der Waals surface area contributed by atoms with Gasteiger partial charge in [-0.05, 0) is 28.2 Å². The van der Waals surface area contributed by atoms with Crippen molar-refractivity contribution in [1.82, 2.24) is 9.80 Å². The van der Waals surface area contributed by atoms with Crippen molar-refractivity contribution >= 4 is 36.4 Å². The minimum atomic E-state index is 0. The maximum Gasteiger partial charge on any atom is 0.164 e. The SMILES string of the molecule is CN(C)CCC(=O)c1ccc(C(=O)CCN(C)C)cc1.Cl.Cl. The zero-order chi connectivity index (χ0) is 15.1. The summed E-state index contributed by atoms with van der Waals surface area (Å²) in [6, 6.07) is 7.00. The summed E-state index contributed by atoms with van der Waals surface area (Å²) >= 11 is 0. The fourth-order valence-electron chi connectivity index (χ4n) is 1.78. The molecule has 1 aromatic rings. The first-order valence-electron chi connectivity index (χ1n) is 6.86. The molecule has 0 atom stereocenters. The molecule has 0 fully saturated rings. The first-order chi connectivity index (χ1) is 9.40. The lowest BCUT2D eigenvalue weighted by Gasteiger charge is -2.09. The van der Waals surface area contributed by atoms with E-state index in [1.54, 1.807) is 24.3 Å². The molecule has 0 aliphatic rings. The molecule has 0 unspecified atom stereocenters. The summed E-state index contributed by atoms with van der Waals surface area (Å²) < 4.78 is 0. The highest BCUT2D eigenvalue weighted by Crippen LogP contribution is 2.09. The van der Waals surface area contributed by atoms with E-state index in [1.165, 1.54) is 0 Å². The Balaban J connectivity index is 0. The van der Waals surface area contributed by atoms with Gasteiger partial charge in [-0.2, -0.15) is 0 Å². The average Bonchev–Trinajstić information content (AvgIpc) is 2.42. The molecule has 0 aliphatic carbocycles. The van der Waals surface area contributed by atoms with Crippen LogP contribution in [0.1, 0.15) is 33.6 Å². The third-order valence-corrected chi connectivity index (χ3v) is 3.10. The molecular formula is C16H26Cl2N2O2. The molecule has 0 saturated carbocycles. The van der Waals surface area contributed by atoms with Gasteiger partial charge < -0.3 is 9.80 Å². The van der Waals surface area contributed by atoms with E-state index in [1.807, 2.05) is 38.0 Å². The highest BCUT2D eigenvalue weighted by molar-refractivity contribution is 5.99. The van der Waals surface area contributed by atoms with E-state index in [2.05, 4.69) is 0 Å². The number of halogens is 2. The maximum atomic E-state index is 11.9. The van der Waals surface area contributed by atoms with Gasteiger partial charge in [0.25, 0.3) is 0 Å². The van der Waals surface area contributed by atoms with E-state index in [9.17, 15) is 9.59 Å². The number of rotatable bonds is 8. The Morgan fingerprint density at radius 3 is 1.23 bits per heavy atom. The number of nitrogens with zero attached hydrogens (tertiary/aromatic N) is 2. The summed E-state index contributed by atoms with van der Waals surface area (Å²) in [6.07, 6.45) is 1.00. The second kappa shape index (κ2) is 11.6.